The van der Waals surface area contributed by atoms with Gasteiger partial charge in [0.05, 0.1) is 0 Å². The first-order valence-corrected chi connectivity index (χ1v) is 10.6. The molecule has 2 aliphatic rings. The first-order chi connectivity index (χ1) is 12.5. The van der Waals surface area contributed by atoms with Crippen LogP contribution in [0.3, 0.4) is 0 Å². The molecule has 0 aromatic carbocycles. The minimum absolute atomic E-state index is 0.108. The van der Waals surface area contributed by atoms with E-state index in [0.717, 1.165) is 58.4 Å². The van der Waals surface area contributed by atoms with E-state index in [1.54, 1.807) is 11.3 Å². The van der Waals surface area contributed by atoms with Gasteiger partial charge in [0.2, 0.25) is 11.8 Å². The number of carbonyl (C=O) groups is 2. The minimum Gasteiger partial charge on any atom is -0.342 e. The lowest BCUT2D eigenvalue weighted by Gasteiger charge is -2.48. The van der Waals surface area contributed by atoms with Gasteiger partial charge in [-0.25, -0.2) is 0 Å². The Morgan fingerprint density at radius 1 is 1.31 bits per heavy atom. The molecular weight excluding hydrogens is 346 g/mol. The zero-order valence-electron chi connectivity index (χ0n) is 16.1. The van der Waals surface area contributed by atoms with E-state index >= 15 is 0 Å². The lowest BCUT2D eigenvalue weighted by atomic mass is 9.73. The number of hydrogen-bond acceptors (Lipinski definition) is 4. The smallest absolute Gasteiger partial charge is 0.222 e. The van der Waals surface area contributed by atoms with Gasteiger partial charge in [0.15, 0.2) is 0 Å². The van der Waals surface area contributed by atoms with Crippen LogP contribution in [0, 0.1) is 5.41 Å². The number of thiophene rings is 1. The summed E-state index contributed by atoms with van der Waals surface area (Å²) in [4.78, 5) is 31.2. The fourth-order valence-electron chi connectivity index (χ4n) is 4.22. The van der Waals surface area contributed by atoms with Gasteiger partial charge >= 0.3 is 0 Å². The molecule has 0 bridgehead atoms. The van der Waals surface area contributed by atoms with Crippen molar-refractivity contribution >= 4 is 23.2 Å². The highest BCUT2D eigenvalue weighted by Gasteiger charge is 2.42. The number of hydrogen-bond donors (Lipinski definition) is 0. The van der Waals surface area contributed by atoms with E-state index in [1.165, 1.54) is 5.56 Å². The monoisotopic (exact) mass is 377 g/mol. The summed E-state index contributed by atoms with van der Waals surface area (Å²) in [5.41, 5.74) is 1.37. The van der Waals surface area contributed by atoms with Gasteiger partial charge in [-0.1, -0.05) is 0 Å². The van der Waals surface area contributed by atoms with Crippen molar-refractivity contribution in [3.8, 4) is 0 Å². The molecule has 2 saturated heterocycles. The summed E-state index contributed by atoms with van der Waals surface area (Å²) in [6, 6.07) is 2.10. The van der Waals surface area contributed by atoms with E-state index in [9.17, 15) is 9.59 Å². The van der Waals surface area contributed by atoms with E-state index in [0.29, 0.717) is 12.8 Å². The largest absolute Gasteiger partial charge is 0.342 e. The molecule has 1 aromatic rings. The quantitative estimate of drug-likeness (QED) is 0.765. The second kappa shape index (κ2) is 8.53. The Morgan fingerprint density at radius 3 is 2.88 bits per heavy atom. The highest BCUT2D eigenvalue weighted by atomic mass is 32.1. The first-order valence-electron chi connectivity index (χ1n) is 9.69. The number of piperidine rings is 2. The second-order valence-corrected chi connectivity index (χ2v) is 8.95. The van der Waals surface area contributed by atoms with Crippen LogP contribution in [0.2, 0.25) is 0 Å². The van der Waals surface area contributed by atoms with Crippen LogP contribution in [-0.4, -0.2) is 73.3 Å². The van der Waals surface area contributed by atoms with Gasteiger partial charge in [-0.2, -0.15) is 11.3 Å². The Morgan fingerprint density at radius 2 is 2.15 bits per heavy atom. The zero-order valence-corrected chi connectivity index (χ0v) is 16.9. The van der Waals surface area contributed by atoms with Crippen molar-refractivity contribution in [2.24, 2.45) is 5.41 Å². The molecule has 1 spiro atoms. The van der Waals surface area contributed by atoms with E-state index in [-0.39, 0.29) is 17.2 Å². The standard InChI is InChI=1S/C20H31N3O2S/c1-21(2)11-12-23-16-20(9-6-19(23)25)8-3-10-22(15-20)18(24)5-4-17-7-13-26-14-17/h7,13-14H,3-6,8-12,15-16H2,1-2H3. The number of rotatable bonds is 6. The van der Waals surface area contributed by atoms with Gasteiger partial charge in [-0.3, -0.25) is 9.59 Å². The molecule has 0 N–H and O–H groups in total. The van der Waals surface area contributed by atoms with Crippen LogP contribution in [0.1, 0.15) is 37.7 Å². The van der Waals surface area contributed by atoms with Crippen LogP contribution in [0.4, 0.5) is 0 Å². The topological polar surface area (TPSA) is 43.9 Å². The van der Waals surface area contributed by atoms with E-state index in [4.69, 9.17) is 0 Å². The van der Waals surface area contributed by atoms with Crippen LogP contribution in [0.15, 0.2) is 16.8 Å². The maximum Gasteiger partial charge on any atom is 0.222 e. The Labute approximate surface area is 161 Å². The molecule has 3 rings (SSSR count). The van der Waals surface area contributed by atoms with Gasteiger partial charge in [0.25, 0.3) is 0 Å². The molecule has 3 heterocycles. The van der Waals surface area contributed by atoms with Crippen molar-refractivity contribution in [2.75, 3.05) is 46.8 Å². The number of aryl methyl sites for hydroxylation is 1. The van der Waals surface area contributed by atoms with Crippen molar-refractivity contribution in [1.82, 2.24) is 14.7 Å². The summed E-state index contributed by atoms with van der Waals surface area (Å²) >= 11 is 1.69. The summed E-state index contributed by atoms with van der Waals surface area (Å²) < 4.78 is 0. The summed E-state index contributed by atoms with van der Waals surface area (Å²) in [5.74, 6) is 0.547. The van der Waals surface area contributed by atoms with Crippen LogP contribution in [0.5, 0.6) is 0 Å². The van der Waals surface area contributed by atoms with Crippen LogP contribution in [0.25, 0.3) is 0 Å². The van der Waals surface area contributed by atoms with Crippen molar-refractivity contribution in [3.63, 3.8) is 0 Å². The predicted octanol–water partition coefficient (Wildman–Crippen LogP) is 2.47. The van der Waals surface area contributed by atoms with Crippen molar-refractivity contribution in [1.29, 1.82) is 0 Å². The number of amides is 2. The van der Waals surface area contributed by atoms with Gasteiger partial charge in [-0.05, 0) is 62.2 Å². The minimum atomic E-state index is 0.108. The molecule has 1 atom stereocenters. The number of nitrogens with zero attached hydrogens (tertiary/aromatic N) is 3. The molecule has 0 saturated carbocycles. The van der Waals surface area contributed by atoms with Crippen molar-refractivity contribution in [2.45, 2.75) is 38.5 Å². The molecule has 2 fully saturated rings. The van der Waals surface area contributed by atoms with E-state index < -0.39 is 0 Å². The Kier molecular flexibility index (Phi) is 6.35. The molecule has 1 aromatic heterocycles. The highest BCUT2D eigenvalue weighted by molar-refractivity contribution is 7.07. The van der Waals surface area contributed by atoms with Gasteiger partial charge in [0.1, 0.15) is 0 Å². The maximum atomic E-state index is 12.7. The fourth-order valence-corrected chi connectivity index (χ4v) is 4.93. The van der Waals surface area contributed by atoms with Crippen LogP contribution >= 0.6 is 11.3 Å². The maximum absolute atomic E-state index is 12.7. The molecule has 2 amide bonds. The average Bonchev–Trinajstić information content (AvgIpc) is 3.14. The van der Waals surface area contributed by atoms with Gasteiger partial charge < -0.3 is 14.7 Å². The SMILES string of the molecule is CN(C)CCN1CC2(CCCN(C(=O)CCc3ccsc3)C2)CCC1=O. The number of likely N-dealkylation sites (N-methyl/N-ethyl adjacent to an activating group) is 1. The molecule has 2 aliphatic heterocycles. The number of carbonyl (C=O) groups excluding carboxylic acids is 2. The molecule has 144 valence electrons. The summed E-state index contributed by atoms with van der Waals surface area (Å²) in [6.45, 7) is 4.19. The zero-order chi connectivity index (χ0) is 18.6. The summed E-state index contributed by atoms with van der Waals surface area (Å²) in [7, 11) is 4.08. The van der Waals surface area contributed by atoms with Crippen LogP contribution in [-0.2, 0) is 16.0 Å². The van der Waals surface area contributed by atoms with Gasteiger partial charge in [0, 0.05) is 51.0 Å². The number of likely N-dealkylation sites (tertiary alicyclic amines) is 2. The predicted molar refractivity (Wildman–Crippen MR) is 105 cm³/mol. The summed E-state index contributed by atoms with van der Waals surface area (Å²) in [5, 5.41) is 4.19. The summed E-state index contributed by atoms with van der Waals surface area (Å²) in [6.07, 6.45) is 5.17. The van der Waals surface area contributed by atoms with Gasteiger partial charge in [-0.15, -0.1) is 0 Å². The van der Waals surface area contributed by atoms with E-state index in [1.807, 2.05) is 19.0 Å². The van der Waals surface area contributed by atoms with Crippen LogP contribution < -0.4 is 0 Å². The molecule has 5 nitrogen and oxygen atoms in total. The third kappa shape index (κ3) is 4.86. The molecule has 1 unspecified atom stereocenters. The first kappa shape index (κ1) is 19.4. The fraction of sp³-hybridized carbons (Fsp3) is 0.700. The molecular formula is C20H31N3O2S. The van der Waals surface area contributed by atoms with E-state index in [2.05, 4.69) is 26.6 Å². The Hall–Kier alpha value is -1.40. The van der Waals surface area contributed by atoms with Crippen molar-refractivity contribution < 1.29 is 9.59 Å². The normalized spacial score (nSPS) is 23.9. The lowest BCUT2D eigenvalue weighted by Crippen LogP contribution is -2.55. The molecule has 0 aliphatic carbocycles. The Bertz CT molecular complexity index is 617. The molecule has 0 radical (unpaired) electrons. The lowest BCUT2D eigenvalue weighted by molar-refractivity contribution is -0.143. The molecule has 6 heteroatoms. The highest BCUT2D eigenvalue weighted by Crippen LogP contribution is 2.39. The Balaban J connectivity index is 1.57. The second-order valence-electron chi connectivity index (χ2n) is 8.17. The molecule has 26 heavy (non-hydrogen) atoms. The average molecular weight is 378 g/mol. The van der Waals surface area contributed by atoms with Crippen molar-refractivity contribution in [3.05, 3.63) is 22.4 Å². The third-order valence-electron chi connectivity index (χ3n) is 5.79. The third-order valence-corrected chi connectivity index (χ3v) is 6.52.